The first-order valence-corrected chi connectivity index (χ1v) is 10.9. The minimum Gasteiger partial charge on any atom is -0.356 e. The molecule has 2 atom stereocenters. The van der Waals surface area contributed by atoms with Crippen molar-refractivity contribution in [1.29, 1.82) is 0 Å². The highest BCUT2D eigenvalue weighted by Gasteiger charge is 2.38. The predicted molar refractivity (Wildman–Crippen MR) is 123 cm³/mol. The third kappa shape index (κ3) is 5.37. The average molecular weight is 501 g/mol. The molecule has 0 bridgehead atoms. The lowest BCUT2D eigenvalue weighted by Gasteiger charge is -2.20. The van der Waals surface area contributed by atoms with Crippen LogP contribution in [0.5, 0.6) is 0 Å². The van der Waals surface area contributed by atoms with Gasteiger partial charge in [-0.15, -0.1) is 34.2 Å². The summed E-state index contributed by atoms with van der Waals surface area (Å²) in [4.78, 5) is 7.09. The fraction of sp³-hybridized carbons (Fsp3) is 0.850. The van der Waals surface area contributed by atoms with Crippen LogP contribution in [0.1, 0.15) is 63.5 Å². The van der Waals surface area contributed by atoms with Crippen molar-refractivity contribution in [1.82, 2.24) is 30.3 Å². The van der Waals surface area contributed by atoms with E-state index in [1.165, 1.54) is 44.3 Å². The number of aromatic nitrogens is 3. The predicted octanol–water partition coefficient (Wildman–Crippen LogP) is 2.35. The van der Waals surface area contributed by atoms with Gasteiger partial charge in [-0.3, -0.25) is 9.89 Å². The number of aryl methyl sites for hydroxylation is 2. The third-order valence-corrected chi connectivity index (χ3v) is 6.26. The summed E-state index contributed by atoms with van der Waals surface area (Å²) in [7, 11) is 1.87. The Morgan fingerprint density at radius 3 is 2.86 bits per heavy atom. The molecule has 3 heterocycles. The summed E-state index contributed by atoms with van der Waals surface area (Å²) in [6.45, 7) is 5.51. The van der Waals surface area contributed by atoms with E-state index in [1.807, 2.05) is 7.05 Å². The second-order valence-corrected chi connectivity index (χ2v) is 8.45. The number of likely N-dealkylation sites (tertiary alicyclic amines) is 1. The van der Waals surface area contributed by atoms with Crippen LogP contribution >= 0.6 is 24.0 Å². The SMILES string of the molecule is CN=C(NCCCc1nnc2n1CCCCC2)NC1CC(C)N(C2CC2)C1.I. The molecule has 2 unspecified atom stereocenters. The zero-order valence-corrected chi connectivity index (χ0v) is 19.7. The first-order chi connectivity index (χ1) is 13.2. The molecule has 1 saturated carbocycles. The van der Waals surface area contributed by atoms with Crippen molar-refractivity contribution in [2.75, 3.05) is 20.1 Å². The summed E-state index contributed by atoms with van der Waals surface area (Å²) in [5.74, 6) is 3.27. The first-order valence-electron chi connectivity index (χ1n) is 10.9. The van der Waals surface area contributed by atoms with E-state index in [2.05, 4.69) is 42.2 Å². The summed E-state index contributed by atoms with van der Waals surface area (Å²) in [6.07, 6.45) is 10.9. The van der Waals surface area contributed by atoms with E-state index in [0.717, 1.165) is 56.7 Å². The molecule has 158 valence electrons. The Balaban J connectivity index is 0.00000225. The van der Waals surface area contributed by atoms with Gasteiger partial charge in [0.25, 0.3) is 0 Å². The van der Waals surface area contributed by atoms with E-state index < -0.39 is 0 Å². The lowest BCUT2D eigenvalue weighted by molar-refractivity contribution is 0.256. The van der Waals surface area contributed by atoms with E-state index in [0.29, 0.717) is 12.1 Å². The maximum Gasteiger partial charge on any atom is 0.191 e. The van der Waals surface area contributed by atoms with Gasteiger partial charge < -0.3 is 15.2 Å². The van der Waals surface area contributed by atoms with Gasteiger partial charge in [0.05, 0.1) is 0 Å². The van der Waals surface area contributed by atoms with Gasteiger partial charge in [0, 0.05) is 57.6 Å². The van der Waals surface area contributed by atoms with Gasteiger partial charge in [-0.05, 0) is 45.4 Å². The van der Waals surface area contributed by atoms with Crippen LogP contribution in [-0.2, 0) is 19.4 Å². The van der Waals surface area contributed by atoms with Crippen molar-refractivity contribution < 1.29 is 0 Å². The Hall–Kier alpha value is -0.900. The lowest BCUT2D eigenvalue weighted by Crippen LogP contribution is -2.45. The van der Waals surface area contributed by atoms with Crippen molar-refractivity contribution in [2.45, 2.75) is 89.4 Å². The number of guanidine groups is 1. The van der Waals surface area contributed by atoms with Gasteiger partial charge in [-0.1, -0.05) is 6.42 Å². The normalized spacial score (nSPS) is 25.7. The number of nitrogens with one attached hydrogen (secondary N) is 2. The first kappa shape index (κ1) is 21.8. The molecule has 7 nitrogen and oxygen atoms in total. The Morgan fingerprint density at radius 1 is 1.21 bits per heavy atom. The number of rotatable bonds is 6. The van der Waals surface area contributed by atoms with Gasteiger partial charge in [0.2, 0.25) is 0 Å². The van der Waals surface area contributed by atoms with Gasteiger partial charge in [0.15, 0.2) is 5.96 Å². The zero-order chi connectivity index (χ0) is 18.6. The second-order valence-electron chi connectivity index (χ2n) is 8.45. The van der Waals surface area contributed by atoms with Crippen molar-refractivity contribution >= 4 is 29.9 Å². The molecule has 2 N–H and O–H groups in total. The molecule has 28 heavy (non-hydrogen) atoms. The molecule has 2 fully saturated rings. The molecule has 0 radical (unpaired) electrons. The van der Waals surface area contributed by atoms with Crippen LogP contribution in [0.4, 0.5) is 0 Å². The summed E-state index contributed by atoms with van der Waals surface area (Å²) < 4.78 is 2.35. The van der Waals surface area contributed by atoms with Gasteiger partial charge in [-0.2, -0.15) is 0 Å². The molecule has 0 spiro atoms. The minimum absolute atomic E-state index is 0. The third-order valence-electron chi connectivity index (χ3n) is 6.26. The molecule has 2 aliphatic heterocycles. The fourth-order valence-corrected chi connectivity index (χ4v) is 4.65. The van der Waals surface area contributed by atoms with Crippen molar-refractivity contribution in [3.05, 3.63) is 11.6 Å². The molecule has 0 amide bonds. The Morgan fingerprint density at radius 2 is 2.07 bits per heavy atom. The Kier molecular flexibility index (Phi) is 7.96. The van der Waals surface area contributed by atoms with Crippen molar-refractivity contribution in [3.8, 4) is 0 Å². The van der Waals surface area contributed by atoms with Crippen LogP contribution in [0.3, 0.4) is 0 Å². The van der Waals surface area contributed by atoms with Gasteiger partial charge in [0.1, 0.15) is 11.6 Å². The molecule has 1 saturated heterocycles. The molecule has 0 aromatic carbocycles. The number of hydrogen-bond donors (Lipinski definition) is 2. The van der Waals surface area contributed by atoms with E-state index >= 15 is 0 Å². The zero-order valence-electron chi connectivity index (χ0n) is 17.4. The number of aliphatic imine (C=N–C) groups is 1. The van der Waals surface area contributed by atoms with Crippen LogP contribution in [-0.4, -0.2) is 63.9 Å². The monoisotopic (exact) mass is 501 g/mol. The van der Waals surface area contributed by atoms with Gasteiger partial charge in [-0.25, -0.2) is 0 Å². The largest absolute Gasteiger partial charge is 0.356 e. The maximum atomic E-state index is 4.43. The molecular formula is C20H36IN7. The Bertz CT molecular complexity index is 655. The van der Waals surface area contributed by atoms with Gasteiger partial charge >= 0.3 is 0 Å². The molecule has 1 aromatic heterocycles. The fourth-order valence-electron chi connectivity index (χ4n) is 4.65. The number of halogens is 1. The highest BCUT2D eigenvalue weighted by atomic mass is 127. The lowest BCUT2D eigenvalue weighted by atomic mass is 10.2. The van der Waals surface area contributed by atoms with Crippen molar-refractivity contribution in [2.24, 2.45) is 4.99 Å². The quantitative estimate of drug-likeness (QED) is 0.271. The van der Waals surface area contributed by atoms with Crippen LogP contribution in [0.15, 0.2) is 4.99 Å². The number of hydrogen-bond acceptors (Lipinski definition) is 4. The van der Waals surface area contributed by atoms with Crippen LogP contribution < -0.4 is 10.6 Å². The molecule has 3 aliphatic rings. The Labute approximate surface area is 186 Å². The topological polar surface area (TPSA) is 70.4 Å². The molecule has 4 rings (SSSR count). The molecular weight excluding hydrogens is 465 g/mol. The van der Waals surface area contributed by atoms with E-state index in [-0.39, 0.29) is 24.0 Å². The minimum atomic E-state index is 0. The summed E-state index contributed by atoms with van der Waals surface area (Å²) in [5.41, 5.74) is 0. The summed E-state index contributed by atoms with van der Waals surface area (Å²) >= 11 is 0. The molecule has 1 aromatic rings. The maximum absolute atomic E-state index is 4.43. The summed E-state index contributed by atoms with van der Waals surface area (Å²) in [6, 6.07) is 2.05. The van der Waals surface area contributed by atoms with Crippen LogP contribution in [0.25, 0.3) is 0 Å². The van der Waals surface area contributed by atoms with E-state index in [9.17, 15) is 0 Å². The second kappa shape index (κ2) is 10.2. The number of nitrogens with zero attached hydrogens (tertiary/aromatic N) is 5. The van der Waals surface area contributed by atoms with Crippen molar-refractivity contribution in [3.63, 3.8) is 0 Å². The number of fused-ring (bicyclic) bond motifs is 1. The highest BCUT2D eigenvalue weighted by molar-refractivity contribution is 14.0. The van der Waals surface area contributed by atoms with E-state index in [4.69, 9.17) is 0 Å². The summed E-state index contributed by atoms with van der Waals surface area (Å²) in [5, 5.41) is 15.9. The standard InChI is InChI=1S/C20H35N7.HI/c1-15-13-16(14-27(15)17-9-10-17)23-20(21-2)22-11-6-8-19-25-24-18-7-4-3-5-12-26(18)19;/h15-17H,3-14H2,1-2H3,(H2,21,22,23);1H. The smallest absolute Gasteiger partial charge is 0.191 e. The average Bonchev–Trinajstić information content (AvgIpc) is 3.40. The highest BCUT2D eigenvalue weighted by Crippen LogP contribution is 2.33. The van der Waals surface area contributed by atoms with Crippen LogP contribution in [0, 0.1) is 0 Å². The van der Waals surface area contributed by atoms with Crippen LogP contribution in [0.2, 0.25) is 0 Å². The molecule has 1 aliphatic carbocycles. The van der Waals surface area contributed by atoms with E-state index in [1.54, 1.807) is 0 Å². The molecule has 8 heteroatoms.